The highest BCUT2D eigenvalue weighted by Crippen LogP contribution is 2.41. The van der Waals surface area contributed by atoms with Gasteiger partial charge in [-0.25, -0.2) is 0 Å². The molecule has 202 valence electrons. The Morgan fingerprint density at radius 2 is 1.14 bits per heavy atom. The lowest BCUT2D eigenvalue weighted by Crippen LogP contribution is -1.93. The van der Waals surface area contributed by atoms with Gasteiger partial charge < -0.3 is 10.3 Å². The van der Waals surface area contributed by atoms with Gasteiger partial charge in [0.15, 0.2) is 0 Å². The highest BCUT2D eigenvalue weighted by atomic mass is 32.1. The van der Waals surface area contributed by atoms with Crippen LogP contribution in [0.2, 0.25) is 0 Å². The van der Waals surface area contributed by atoms with Crippen LogP contribution in [0, 0.1) is 0 Å². The minimum absolute atomic E-state index is 0.784. The van der Waals surface area contributed by atoms with Crippen LogP contribution in [0.25, 0.3) is 80.7 Å². The van der Waals surface area contributed by atoms with Crippen LogP contribution in [0.4, 0.5) is 5.69 Å². The number of thiophene rings is 1. The topological polar surface area (TPSA) is 30.9 Å². The third-order valence-electron chi connectivity index (χ3n) is 8.74. The predicted molar refractivity (Wildman–Crippen MR) is 186 cm³/mol. The minimum Gasteiger partial charge on any atom is -0.398 e. The molecule has 2 heterocycles. The van der Waals surface area contributed by atoms with Crippen molar-refractivity contribution < 1.29 is 0 Å². The van der Waals surface area contributed by atoms with E-state index in [-0.39, 0.29) is 0 Å². The number of para-hydroxylation sites is 2. The van der Waals surface area contributed by atoms with Crippen molar-refractivity contribution in [1.82, 2.24) is 4.57 Å². The Labute approximate surface area is 252 Å². The van der Waals surface area contributed by atoms with Gasteiger partial charge in [-0.1, -0.05) is 84.9 Å². The van der Waals surface area contributed by atoms with Gasteiger partial charge in [-0.2, -0.15) is 0 Å². The second kappa shape index (κ2) is 9.32. The summed E-state index contributed by atoms with van der Waals surface area (Å²) in [7, 11) is 0. The van der Waals surface area contributed by atoms with E-state index in [2.05, 4.69) is 144 Å². The summed E-state index contributed by atoms with van der Waals surface area (Å²) >= 11 is 1.86. The lowest BCUT2D eigenvalue weighted by atomic mass is 9.94. The lowest BCUT2D eigenvalue weighted by Gasteiger charge is -2.12. The fraction of sp³-hybridized carbons (Fsp3) is 0. The van der Waals surface area contributed by atoms with Gasteiger partial charge in [-0.3, -0.25) is 0 Å². The smallest absolute Gasteiger partial charge is 0.0541 e. The molecule has 0 amide bonds. The zero-order chi connectivity index (χ0) is 28.5. The summed E-state index contributed by atoms with van der Waals surface area (Å²) in [5, 5.41) is 7.65. The molecule has 2 nitrogen and oxygen atoms in total. The van der Waals surface area contributed by atoms with Gasteiger partial charge >= 0.3 is 0 Å². The first-order valence-corrected chi connectivity index (χ1v) is 15.4. The number of hydrogen-bond donors (Lipinski definition) is 1. The molecular formula is C40H26N2S. The molecule has 0 saturated carbocycles. The maximum Gasteiger partial charge on any atom is 0.0541 e. The summed E-state index contributed by atoms with van der Waals surface area (Å²) in [4.78, 5) is 0. The molecule has 2 aromatic heterocycles. The van der Waals surface area contributed by atoms with Crippen LogP contribution in [0.5, 0.6) is 0 Å². The van der Waals surface area contributed by atoms with Gasteiger partial charge in [0.2, 0.25) is 0 Å². The van der Waals surface area contributed by atoms with E-state index in [0.29, 0.717) is 0 Å². The molecule has 9 aromatic rings. The number of benzene rings is 7. The van der Waals surface area contributed by atoms with Crippen LogP contribution in [0.15, 0.2) is 146 Å². The van der Waals surface area contributed by atoms with Crippen molar-refractivity contribution in [2.24, 2.45) is 0 Å². The van der Waals surface area contributed by atoms with Gasteiger partial charge in [0.25, 0.3) is 0 Å². The SMILES string of the molecule is Nc1ccc(-c2ccc3c(c2)c2ccccc2n3-c2ccccc2)cc1-c1ccc2ccc3sc4ccccc4c3c2c1. The fourth-order valence-corrected chi connectivity index (χ4v) is 7.83. The van der Waals surface area contributed by atoms with E-state index in [1.807, 2.05) is 17.4 Å². The number of fused-ring (bicyclic) bond motifs is 8. The van der Waals surface area contributed by atoms with Crippen LogP contribution in [0.1, 0.15) is 0 Å². The van der Waals surface area contributed by atoms with Crippen molar-refractivity contribution in [3.05, 3.63) is 146 Å². The first kappa shape index (κ1) is 24.2. The molecule has 0 aliphatic carbocycles. The monoisotopic (exact) mass is 566 g/mol. The molecular weight excluding hydrogens is 541 g/mol. The van der Waals surface area contributed by atoms with Gasteiger partial charge in [-0.05, 0) is 88.1 Å². The molecule has 0 fully saturated rings. The van der Waals surface area contributed by atoms with Crippen LogP contribution in [0.3, 0.4) is 0 Å². The molecule has 0 unspecified atom stereocenters. The van der Waals surface area contributed by atoms with Crippen molar-refractivity contribution in [3.63, 3.8) is 0 Å². The second-order valence-corrected chi connectivity index (χ2v) is 12.3. The maximum absolute atomic E-state index is 6.66. The average Bonchev–Trinajstić information content (AvgIpc) is 3.61. The van der Waals surface area contributed by atoms with E-state index in [0.717, 1.165) is 22.4 Å². The van der Waals surface area contributed by atoms with Crippen LogP contribution >= 0.6 is 11.3 Å². The molecule has 7 aromatic carbocycles. The van der Waals surface area contributed by atoms with Gasteiger partial charge in [0.05, 0.1) is 11.0 Å². The number of rotatable bonds is 3. The third-order valence-corrected chi connectivity index (χ3v) is 9.88. The number of nitrogen functional groups attached to an aromatic ring is 1. The summed E-state index contributed by atoms with van der Waals surface area (Å²) in [6.07, 6.45) is 0. The summed E-state index contributed by atoms with van der Waals surface area (Å²) in [6.45, 7) is 0. The largest absolute Gasteiger partial charge is 0.398 e. The number of nitrogens with zero attached hydrogens (tertiary/aromatic N) is 1. The summed E-state index contributed by atoms with van der Waals surface area (Å²) in [5.74, 6) is 0. The molecule has 0 aliphatic heterocycles. The quantitative estimate of drug-likeness (QED) is 0.212. The van der Waals surface area contributed by atoms with Crippen LogP contribution in [-0.4, -0.2) is 4.57 Å². The van der Waals surface area contributed by atoms with E-state index in [1.165, 1.54) is 64.0 Å². The summed E-state index contributed by atoms with van der Waals surface area (Å²) in [6, 6.07) is 52.5. The lowest BCUT2D eigenvalue weighted by molar-refractivity contribution is 1.18. The van der Waals surface area contributed by atoms with E-state index in [9.17, 15) is 0 Å². The summed E-state index contributed by atoms with van der Waals surface area (Å²) in [5.41, 5.74) is 15.5. The summed E-state index contributed by atoms with van der Waals surface area (Å²) < 4.78 is 4.99. The van der Waals surface area contributed by atoms with E-state index < -0.39 is 0 Å². The Morgan fingerprint density at radius 1 is 0.465 bits per heavy atom. The molecule has 43 heavy (non-hydrogen) atoms. The van der Waals surface area contributed by atoms with Crippen molar-refractivity contribution in [2.75, 3.05) is 5.73 Å². The van der Waals surface area contributed by atoms with Crippen molar-refractivity contribution in [1.29, 1.82) is 0 Å². The third kappa shape index (κ3) is 3.72. The Bertz CT molecular complexity index is 2520. The standard InChI is InChI=1S/C40H26N2S/c41-35-19-16-26(27-17-20-37-34(23-27)30-10-4-6-12-36(30)42(37)29-8-2-1-3-9-29)22-32(35)28-15-14-25-18-21-39-40(33(25)24-28)31-11-5-7-13-38(31)43-39/h1-24H,41H2. The first-order valence-electron chi connectivity index (χ1n) is 14.6. The van der Waals surface area contributed by atoms with Gasteiger partial charge in [-0.15, -0.1) is 11.3 Å². The molecule has 3 heteroatoms. The molecule has 0 aliphatic rings. The Morgan fingerprint density at radius 3 is 2.05 bits per heavy atom. The molecule has 0 radical (unpaired) electrons. The fourth-order valence-electron chi connectivity index (χ4n) is 6.70. The van der Waals surface area contributed by atoms with E-state index >= 15 is 0 Å². The minimum atomic E-state index is 0.784. The number of hydrogen-bond acceptors (Lipinski definition) is 2. The first-order chi connectivity index (χ1) is 21.2. The van der Waals surface area contributed by atoms with Crippen LogP contribution in [-0.2, 0) is 0 Å². The van der Waals surface area contributed by atoms with E-state index in [4.69, 9.17) is 5.73 Å². The maximum atomic E-state index is 6.66. The van der Waals surface area contributed by atoms with Crippen molar-refractivity contribution in [3.8, 4) is 27.9 Å². The molecule has 0 spiro atoms. The molecule has 9 rings (SSSR count). The zero-order valence-corrected chi connectivity index (χ0v) is 24.1. The Hall–Kier alpha value is -5.38. The normalized spacial score (nSPS) is 11.8. The molecule has 2 N–H and O–H groups in total. The van der Waals surface area contributed by atoms with Crippen molar-refractivity contribution in [2.45, 2.75) is 0 Å². The average molecular weight is 567 g/mol. The highest BCUT2D eigenvalue weighted by Gasteiger charge is 2.15. The Kier molecular flexibility index (Phi) is 5.25. The number of nitrogens with two attached hydrogens (primary N) is 1. The molecule has 0 atom stereocenters. The molecule has 0 bridgehead atoms. The van der Waals surface area contributed by atoms with Gasteiger partial charge in [0, 0.05) is 47.9 Å². The predicted octanol–water partition coefficient (Wildman–Crippen LogP) is 11.2. The van der Waals surface area contributed by atoms with Crippen LogP contribution < -0.4 is 5.73 Å². The zero-order valence-electron chi connectivity index (χ0n) is 23.3. The number of anilines is 1. The second-order valence-electron chi connectivity index (χ2n) is 11.2. The Balaban J connectivity index is 1.22. The van der Waals surface area contributed by atoms with Crippen molar-refractivity contribution >= 4 is 69.8 Å². The van der Waals surface area contributed by atoms with E-state index in [1.54, 1.807) is 0 Å². The molecule has 0 saturated heterocycles. The van der Waals surface area contributed by atoms with Gasteiger partial charge in [0.1, 0.15) is 0 Å². The highest BCUT2D eigenvalue weighted by molar-refractivity contribution is 7.26. The number of aromatic nitrogens is 1.